The van der Waals surface area contributed by atoms with Gasteiger partial charge < -0.3 is 16.0 Å². The molecule has 0 amide bonds. The number of benzene rings is 3. The Kier molecular flexibility index (Phi) is 16.5. The van der Waals surface area contributed by atoms with Gasteiger partial charge in [-0.1, -0.05) is 102 Å². The van der Waals surface area contributed by atoms with Gasteiger partial charge in [-0.3, -0.25) is 4.99 Å². The van der Waals surface area contributed by atoms with E-state index < -0.39 is 17.9 Å². The van der Waals surface area contributed by atoms with E-state index in [1.54, 1.807) is 19.2 Å². The summed E-state index contributed by atoms with van der Waals surface area (Å²) in [7, 11) is 1.61. The Morgan fingerprint density at radius 3 is 2.14 bits per heavy atom. The zero-order chi connectivity index (χ0) is 31.5. The van der Waals surface area contributed by atoms with Gasteiger partial charge in [0.15, 0.2) is 0 Å². The molecule has 0 saturated carbocycles. The Balaban J connectivity index is 0.000000374. The lowest BCUT2D eigenvalue weighted by atomic mass is 10.0. The number of hydrogen-bond donors (Lipinski definition) is 3. The highest BCUT2D eigenvalue weighted by Crippen LogP contribution is 2.36. The van der Waals surface area contributed by atoms with Crippen LogP contribution in [0.5, 0.6) is 0 Å². The zero-order valence-corrected chi connectivity index (χ0v) is 26.1. The van der Waals surface area contributed by atoms with Gasteiger partial charge in [-0.2, -0.15) is 13.2 Å². The summed E-state index contributed by atoms with van der Waals surface area (Å²) in [6, 6.07) is 19.1. The lowest BCUT2D eigenvalue weighted by Crippen LogP contribution is -2.39. The van der Waals surface area contributed by atoms with Crippen molar-refractivity contribution in [1.29, 1.82) is 0 Å². The number of nitrogens with zero attached hydrogens (tertiary/aromatic N) is 1. The Hall–Kier alpha value is -4.00. The summed E-state index contributed by atoms with van der Waals surface area (Å²) < 4.78 is 39.6. The van der Waals surface area contributed by atoms with Crippen molar-refractivity contribution in [3.8, 4) is 0 Å². The van der Waals surface area contributed by atoms with Crippen molar-refractivity contribution < 1.29 is 13.2 Å². The molecule has 0 fully saturated rings. The molecule has 0 bridgehead atoms. The van der Waals surface area contributed by atoms with Crippen LogP contribution in [0.2, 0.25) is 0 Å². The third-order valence-corrected chi connectivity index (χ3v) is 6.35. The van der Waals surface area contributed by atoms with Gasteiger partial charge in [0.25, 0.3) is 0 Å². The van der Waals surface area contributed by atoms with Crippen molar-refractivity contribution in [3.05, 3.63) is 119 Å². The minimum atomic E-state index is -4.40. The van der Waals surface area contributed by atoms with E-state index in [1.807, 2.05) is 56.5 Å². The first-order valence-electron chi connectivity index (χ1n) is 14.5. The summed E-state index contributed by atoms with van der Waals surface area (Å²) >= 11 is 0. The summed E-state index contributed by atoms with van der Waals surface area (Å²) in [6.45, 7) is 16.2. The highest BCUT2D eigenvalue weighted by molar-refractivity contribution is 6.05. The third kappa shape index (κ3) is 11.1. The molecule has 3 aromatic rings. The first kappa shape index (κ1) is 36.0. The van der Waals surface area contributed by atoms with Crippen LogP contribution in [0.1, 0.15) is 80.9 Å². The maximum absolute atomic E-state index is 13.2. The van der Waals surface area contributed by atoms with E-state index in [1.165, 1.54) is 42.5 Å². The average Bonchev–Trinajstić information content (AvgIpc) is 3.00. The van der Waals surface area contributed by atoms with Gasteiger partial charge in [-0.05, 0) is 55.3 Å². The molecule has 7 heteroatoms. The van der Waals surface area contributed by atoms with Crippen molar-refractivity contribution >= 4 is 17.2 Å². The van der Waals surface area contributed by atoms with E-state index >= 15 is 0 Å². The molecule has 0 radical (unpaired) electrons. The van der Waals surface area contributed by atoms with Crippen LogP contribution in [0.3, 0.4) is 0 Å². The Morgan fingerprint density at radius 2 is 1.55 bits per heavy atom. The second kappa shape index (κ2) is 19.2. The molecule has 1 aliphatic heterocycles. The summed E-state index contributed by atoms with van der Waals surface area (Å²) in [5.41, 5.74) is 4.82. The molecular weight excluding hydrogens is 533 g/mol. The van der Waals surface area contributed by atoms with Crippen LogP contribution < -0.4 is 16.0 Å². The maximum atomic E-state index is 13.2. The zero-order valence-electron chi connectivity index (χ0n) is 26.1. The number of rotatable bonds is 6. The lowest BCUT2D eigenvalue weighted by molar-refractivity contribution is -0.138. The molecule has 1 atom stereocenters. The number of alkyl halides is 3. The highest BCUT2D eigenvalue weighted by atomic mass is 19.4. The van der Waals surface area contributed by atoms with E-state index in [-0.39, 0.29) is 5.56 Å². The van der Waals surface area contributed by atoms with Crippen molar-refractivity contribution in [2.24, 2.45) is 4.99 Å². The minimum absolute atomic E-state index is 0.144. The van der Waals surface area contributed by atoms with E-state index in [9.17, 15) is 13.2 Å². The number of nitrogens with one attached hydrogen (secondary N) is 3. The van der Waals surface area contributed by atoms with Gasteiger partial charge in [0.05, 0.1) is 5.56 Å². The van der Waals surface area contributed by atoms with Crippen molar-refractivity contribution in [2.45, 2.75) is 73.1 Å². The van der Waals surface area contributed by atoms with Crippen LogP contribution in [0.4, 0.5) is 24.5 Å². The average molecular weight is 581 g/mol. The standard InChI is InChI=1S/C16H14F3N3.C12H15N.C5H12.C2H6/c1-20-14-11-7-3-5-9-13(11)21-15(22-14)10-6-2-4-8-12(10)16(17,18)19;1-4-5-9-13-12-8-6-7-10(2)11(12)3;1-3-5-4-2;1-2/h2-9,15,21H,1H3,(H,20,22);4-9,13H,1H2,2-3H3;3-5H2,1-2H3;1-2H3/b;9-5-;;. The fourth-order valence-corrected chi connectivity index (χ4v) is 4.04. The van der Waals surface area contributed by atoms with Crippen LogP contribution in [-0.2, 0) is 6.18 Å². The molecule has 3 aromatic carbocycles. The molecule has 228 valence electrons. The van der Waals surface area contributed by atoms with E-state index in [0.29, 0.717) is 5.84 Å². The number of para-hydroxylation sites is 1. The monoisotopic (exact) mass is 580 g/mol. The second-order valence-electron chi connectivity index (χ2n) is 9.26. The fourth-order valence-electron chi connectivity index (χ4n) is 4.04. The lowest BCUT2D eigenvalue weighted by Gasteiger charge is -2.31. The third-order valence-electron chi connectivity index (χ3n) is 6.35. The van der Waals surface area contributed by atoms with Crippen LogP contribution >= 0.6 is 0 Å². The normalized spacial score (nSPS) is 14.4. The molecular formula is C35H47F3N4. The summed E-state index contributed by atoms with van der Waals surface area (Å²) in [5, 5.41) is 9.33. The number of anilines is 2. The van der Waals surface area contributed by atoms with Gasteiger partial charge in [0.2, 0.25) is 0 Å². The van der Waals surface area contributed by atoms with Gasteiger partial charge >= 0.3 is 6.18 Å². The number of aryl methyl sites for hydroxylation is 1. The van der Waals surface area contributed by atoms with Crippen LogP contribution in [0.25, 0.3) is 0 Å². The number of allylic oxidation sites excluding steroid dienone is 2. The quantitative estimate of drug-likeness (QED) is 0.254. The van der Waals surface area contributed by atoms with E-state index in [0.717, 1.165) is 23.0 Å². The smallest absolute Gasteiger partial charge is 0.361 e. The fraction of sp³-hybridized carbons (Fsp3) is 0.343. The molecule has 0 saturated heterocycles. The molecule has 0 aliphatic carbocycles. The van der Waals surface area contributed by atoms with E-state index in [4.69, 9.17) is 0 Å². The topological polar surface area (TPSA) is 48.5 Å². The largest absolute Gasteiger partial charge is 0.416 e. The predicted molar refractivity (Wildman–Crippen MR) is 175 cm³/mol. The second-order valence-corrected chi connectivity index (χ2v) is 9.26. The van der Waals surface area contributed by atoms with Gasteiger partial charge in [-0.15, -0.1) is 0 Å². The Bertz CT molecular complexity index is 1280. The molecule has 3 N–H and O–H groups in total. The molecule has 1 unspecified atom stereocenters. The number of aliphatic imine (C=N–C) groups is 1. The van der Waals surface area contributed by atoms with E-state index in [2.05, 4.69) is 67.3 Å². The summed E-state index contributed by atoms with van der Waals surface area (Å²) in [6.07, 6.45) is 4.49. The van der Waals surface area contributed by atoms with Crippen molar-refractivity contribution in [2.75, 3.05) is 17.7 Å². The molecule has 42 heavy (non-hydrogen) atoms. The first-order valence-corrected chi connectivity index (χ1v) is 14.5. The Labute approximate surface area is 250 Å². The molecule has 0 spiro atoms. The predicted octanol–water partition coefficient (Wildman–Crippen LogP) is 10.4. The Morgan fingerprint density at radius 1 is 0.905 bits per heavy atom. The molecule has 1 aliphatic rings. The number of halogens is 3. The number of amidine groups is 1. The number of hydrogen-bond acceptors (Lipinski definition) is 3. The summed E-state index contributed by atoms with van der Waals surface area (Å²) in [4.78, 5) is 4.14. The van der Waals surface area contributed by atoms with Crippen LogP contribution in [-0.4, -0.2) is 12.9 Å². The highest BCUT2D eigenvalue weighted by Gasteiger charge is 2.36. The van der Waals surface area contributed by atoms with Gasteiger partial charge in [-0.25, -0.2) is 0 Å². The number of fused-ring (bicyclic) bond motifs is 1. The number of unbranched alkanes of at least 4 members (excludes halogenated alkanes) is 2. The summed E-state index contributed by atoms with van der Waals surface area (Å²) in [5.74, 6) is 0.566. The molecule has 0 aromatic heterocycles. The van der Waals surface area contributed by atoms with Crippen LogP contribution in [0.15, 0.2) is 96.7 Å². The van der Waals surface area contributed by atoms with Crippen molar-refractivity contribution in [1.82, 2.24) is 5.32 Å². The maximum Gasteiger partial charge on any atom is 0.416 e. The molecule has 1 heterocycles. The first-order chi connectivity index (χ1) is 20.2. The van der Waals surface area contributed by atoms with Gasteiger partial charge in [0, 0.05) is 35.7 Å². The molecule has 4 nitrogen and oxygen atoms in total. The SMILES string of the molecule is C=C/C=C\Nc1cccc(C)c1C.CC.CCCCC.CN=C1NC(c2ccccc2C(F)(F)F)Nc2ccccc21. The minimum Gasteiger partial charge on any atom is -0.361 e. The van der Waals surface area contributed by atoms with Gasteiger partial charge in [0.1, 0.15) is 12.0 Å². The van der Waals surface area contributed by atoms with Crippen molar-refractivity contribution in [3.63, 3.8) is 0 Å². The van der Waals surface area contributed by atoms with Crippen LogP contribution in [0, 0.1) is 13.8 Å². The molecule has 4 rings (SSSR count).